The normalized spacial score (nSPS) is 17.1. The summed E-state index contributed by atoms with van der Waals surface area (Å²) in [5, 5.41) is 48.0. The van der Waals surface area contributed by atoms with Crippen LogP contribution >= 0.6 is 0 Å². The highest BCUT2D eigenvalue weighted by atomic mass is 16.4. The van der Waals surface area contributed by atoms with Crippen molar-refractivity contribution in [2.75, 3.05) is 6.54 Å². The van der Waals surface area contributed by atoms with Gasteiger partial charge in [0.05, 0.1) is 0 Å². The van der Waals surface area contributed by atoms with E-state index in [1.807, 2.05) is 6.92 Å². The number of carboxylic acid groups (broad SMARTS) is 1. The van der Waals surface area contributed by atoms with Gasteiger partial charge in [-0.1, -0.05) is 26.2 Å². The molecule has 0 heterocycles. The van der Waals surface area contributed by atoms with Crippen LogP contribution in [0.5, 0.6) is 0 Å². The number of nitrogens with one attached hydrogen (secondary N) is 1. The second-order valence-electron chi connectivity index (χ2n) is 4.56. The summed E-state index contributed by atoms with van der Waals surface area (Å²) in [5.74, 6) is -2.69. The van der Waals surface area contributed by atoms with Crippen LogP contribution in [0.3, 0.4) is 0 Å². The lowest BCUT2D eigenvalue weighted by atomic mass is 10.0. The summed E-state index contributed by atoms with van der Waals surface area (Å²) in [6, 6.07) is 0. The number of carbonyl (C=O) groups is 2. The van der Waals surface area contributed by atoms with Crippen LogP contribution in [0.25, 0.3) is 0 Å². The number of aliphatic hydroxyl groups is 4. The number of hydrogen-bond donors (Lipinski definition) is 6. The second-order valence-corrected chi connectivity index (χ2v) is 4.56. The maximum atomic E-state index is 11.5. The van der Waals surface area contributed by atoms with Crippen LogP contribution in [-0.4, -0.2) is 68.4 Å². The van der Waals surface area contributed by atoms with Gasteiger partial charge in [0.1, 0.15) is 12.2 Å². The van der Waals surface area contributed by atoms with Crippen LogP contribution in [0.15, 0.2) is 0 Å². The number of rotatable bonds is 10. The zero-order chi connectivity index (χ0) is 15.7. The van der Waals surface area contributed by atoms with Gasteiger partial charge >= 0.3 is 5.97 Å². The minimum atomic E-state index is -2.28. The Morgan fingerprint density at radius 2 is 1.50 bits per heavy atom. The molecule has 1 amide bonds. The van der Waals surface area contributed by atoms with E-state index in [0.29, 0.717) is 13.0 Å². The predicted octanol–water partition coefficient (Wildman–Crippen LogP) is -1.79. The maximum Gasteiger partial charge on any atom is 0.335 e. The van der Waals surface area contributed by atoms with Crippen LogP contribution < -0.4 is 5.32 Å². The van der Waals surface area contributed by atoms with Gasteiger partial charge in [-0.05, 0) is 6.42 Å². The average Bonchev–Trinajstić information content (AvgIpc) is 2.43. The first kappa shape index (κ1) is 18.8. The molecule has 0 saturated carbocycles. The minimum Gasteiger partial charge on any atom is -0.479 e. The number of aliphatic carboxylic acids is 1. The molecule has 118 valence electrons. The smallest absolute Gasteiger partial charge is 0.335 e. The van der Waals surface area contributed by atoms with Gasteiger partial charge in [-0.15, -0.1) is 0 Å². The highest BCUT2D eigenvalue weighted by Gasteiger charge is 2.37. The Bertz CT molecular complexity index is 310. The number of unbranched alkanes of at least 4 members (excludes halogenated alkanes) is 3. The van der Waals surface area contributed by atoms with Crippen molar-refractivity contribution in [1.82, 2.24) is 5.32 Å². The summed E-state index contributed by atoms with van der Waals surface area (Å²) < 4.78 is 0. The Hall–Kier alpha value is -1.22. The summed E-state index contributed by atoms with van der Waals surface area (Å²) in [7, 11) is 0. The van der Waals surface area contributed by atoms with Crippen molar-refractivity contribution in [2.24, 2.45) is 0 Å². The molecule has 0 aromatic rings. The molecular formula is C12H23NO7. The lowest BCUT2D eigenvalue weighted by molar-refractivity contribution is -0.166. The Kier molecular flexibility index (Phi) is 9.06. The Morgan fingerprint density at radius 3 is 2.00 bits per heavy atom. The lowest BCUT2D eigenvalue weighted by Crippen LogP contribution is -2.52. The standard InChI is InChI=1S/C12H23NO7/c1-2-3-4-5-6-13-11(18)9(16)7(14)8(15)10(17)12(19)20/h7-10,14-17H,2-6H2,1H3,(H,13,18)(H,19,20)/t7-,8-,9+,10-/m1/s1. The van der Waals surface area contributed by atoms with E-state index in [9.17, 15) is 24.9 Å². The molecule has 0 aromatic heterocycles. The molecule has 4 atom stereocenters. The molecule has 0 fully saturated rings. The third-order valence-corrected chi connectivity index (χ3v) is 2.85. The maximum absolute atomic E-state index is 11.5. The van der Waals surface area contributed by atoms with E-state index in [2.05, 4.69) is 5.32 Å². The van der Waals surface area contributed by atoms with Crippen LogP contribution in [0.2, 0.25) is 0 Å². The van der Waals surface area contributed by atoms with Crippen molar-refractivity contribution in [1.29, 1.82) is 0 Å². The molecule has 0 aromatic carbocycles. The lowest BCUT2D eigenvalue weighted by Gasteiger charge is -2.23. The van der Waals surface area contributed by atoms with Crippen LogP contribution in [-0.2, 0) is 9.59 Å². The minimum absolute atomic E-state index is 0.306. The first-order valence-corrected chi connectivity index (χ1v) is 6.55. The van der Waals surface area contributed by atoms with Gasteiger partial charge in [-0.2, -0.15) is 0 Å². The molecule has 8 nitrogen and oxygen atoms in total. The molecule has 0 aliphatic heterocycles. The van der Waals surface area contributed by atoms with Crippen LogP contribution in [0.4, 0.5) is 0 Å². The fourth-order valence-corrected chi connectivity index (χ4v) is 1.54. The van der Waals surface area contributed by atoms with E-state index in [1.54, 1.807) is 0 Å². The van der Waals surface area contributed by atoms with Gasteiger partial charge in [-0.25, -0.2) is 4.79 Å². The molecule has 0 rings (SSSR count). The van der Waals surface area contributed by atoms with Crippen molar-refractivity contribution in [3.8, 4) is 0 Å². The zero-order valence-electron chi connectivity index (χ0n) is 11.4. The summed E-state index contributed by atoms with van der Waals surface area (Å²) in [5.41, 5.74) is 0. The first-order valence-electron chi connectivity index (χ1n) is 6.55. The summed E-state index contributed by atoms with van der Waals surface area (Å²) in [4.78, 5) is 21.9. The predicted molar refractivity (Wildman–Crippen MR) is 68.8 cm³/mol. The number of carboxylic acids is 1. The molecule has 20 heavy (non-hydrogen) atoms. The van der Waals surface area contributed by atoms with Crippen molar-refractivity contribution in [3.05, 3.63) is 0 Å². The third kappa shape index (κ3) is 6.29. The van der Waals surface area contributed by atoms with E-state index in [4.69, 9.17) is 10.2 Å². The van der Waals surface area contributed by atoms with Gasteiger partial charge in [0.25, 0.3) is 5.91 Å². The van der Waals surface area contributed by atoms with Crippen molar-refractivity contribution >= 4 is 11.9 Å². The Morgan fingerprint density at radius 1 is 0.950 bits per heavy atom. The molecule has 0 spiro atoms. The van der Waals surface area contributed by atoms with E-state index in [1.165, 1.54) is 0 Å². The van der Waals surface area contributed by atoms with Gasteiger partial charge < -0.3 is 30.8 Å². The monoisotopic (exact) mass is 293 g/mol. The van der Waals surface area contributed by atoms with Gasteiger partial charge in [0.15, 0.2) is 12.2 Å². The van der Waals surface area contributed by atoms with Crippen molar-refractivity contribution in [3.63, 3.8) is 0 Å². The fourth-order valence-electron chi connectivity index (χ4n) is 1.54. The van der Waals surface area contributed by atoms with Crippen molar-refractivity contribution < 1.29 is 35.1 Å². The first-order chi connectivity index (χ1) is 9.32. The van der Waals surface area contributed by atoms with E-state index >= 15 is 0 Å². The molecule has 0 unspecified atom stereocenters. The van der Waals surface area contributed by atoms with Gasteiger partial charge in [0.2, 0.25) is 0 Å². The summed E-state index contributed by atoms with van der Waals surface area (Å²) in [6.45, 7) is 2.34. The van der Waals surface area contributed by atoms with Gasteiger partial charge in [-0.3, -0.25) is 4.79 Å². The highest BCUT2D eigenvalue weighted by Crippen LogP contribution is 2.06. The Balaban J connectivity index is 4.18. The molecule has 8 heteroatoms. The number of carbonyl (C=O) groups excluding carboxylic acids is 1. The molecule has 0 aliphatic rings. The number of amides is 1. The summed E-state index contributed by atoms with van der Waals surface area (Å²) >= 11 is 0. The van der Waals surface area contributed by atoms with E-state index < -0.39 is 36.3 Å². The van der Waals surface area contributed by atoms with Gasteiger partial charge in [0, 0.05) is 6.54 Å². The third-order valence-electron chi connectivity index (χ3n) is 2.85. The molecule has 6 N–H and O–H groups in total. The van der Waals surface area contributed by atoms with E-state index in [-0.39, 0.29) is 0 Å². The van der Waals surface area contributed by atoms with Crippen LogP contribution in [0.1, 0.15) is 32.6 Å². The van der Waals surface area contributed by atoms with Crippen LogP contribution in [0, 0.1) is 0 Å². The molecule has 0 bridgehead atoms. The molecule has 0 aliphatic carbocycles. The second kappa shape index (κ2) is 9.65. The topological polar surface area (TPSA) is 147 Å². The average molecular weight is 293 g/mol. The highest BCUT2D eigenvalue weighted by molar-refractivity contribution is 5.81. The van der Waals surface area contributed by atoms with Crippen molar-refractivity contribution in [2.45, 2.75) is 57.0 Å². The summed E-state index contributed by atoms with van der Waals surface area (Å²) in [6.07, 6.45) is -4.86. The van der Waals surface area contributed by atoms with E-state index in [0.717, 1.165) is 19.3 Å². The Labute approximate surface area is 117 Å². The number of hydrogen-bond acceptors (Lipinski definition) is 6. The number of aliphatic hydroxyl groups excluding tert-OH is 4. The molecule has 0 radical (unpaired) electrons. The largest absolute Gasteiger partial charge is 0.479 e. The molecule has 0 saturated heterocycles. The SMILES string of the molecule is CCCCCCNC(=O)[C@@H](O)[C@H](O)[C@@H](O)[C@@H](O)C(=O)O. The quantitative estimate of drug-likeness (QED) is 0.261. The fraction of sp³-hybridized carbons (Fsp3) is 0.833. The molecular weight excluding hydrogens is 270 g/mol. The zero-order valence-corrected chi connectivity index (χ0v) is 11.4.